The zero-order valence-electron chi connectivity index (χ0n) is 20.3. The first-order valence-corrected chi connectivity index (χ1v) is 12.6. The molecule has 2 aliphatic carbocycles. The van der Waals surface area contributed by atoms with Crippen LogP contribution in [0.5, 0.6) is 0 Å². The van der Waals surface area contributed by atoms with Gasteiger partial charge < -0.3 is 14.6 Å². The van der Waals surface area contributed by atoms with Gasteiger partial charge in [0.15, 0.2) is 5.50 Å². The van der Waals surface area contributed by atoms with E-state index in [-0.39, 0.29) is 0 Å². The van der Waals surface area contributed by atoms with E-state index in [0.717, 1.165) is 31.2 Å². The molecule has 0 spiro atoms. The summed E-state index contributed by atoms with van der Waals surface area (Å²) in [7, 11) is 0. The molecular formula is C27H30BN3O4. The summed E-state index contributed by atoms with van der Waals surface area (Å²) < 4.78 is 11.7. The van der Waals surface area contributed by atoms with Gasteiger partial charge in [0, 0.05) is 5.69 Å². The van der Waals surface area contributed by atoms with Crippen molar-refractivity contribution in [2.75, 3.05) is 18.5 Å². The maximum Gasteiger partial charge on any atom is 0.391 e. The van der Waals surface area contributed by atoms with Crippen molar-refractivity contribution in [3.8, 4) is 11.1 Å². The number of fused-ring (bicyclic) bond motifs is 2. The highest BCUT2D eigenvalue weighted by Crippen LogP contribution is 2.46. The molecule has 2 aromatic carbocycles. The van der Waals surface area contributed by atoms with E-state index < -0.39 is 12.4 Å². The number of hydrogen-bond donors (Lipinski definition) is 1. The SMILES string of the molecule is CCOOB(C)C1(c2cnoc2)CN=C(Nc2c3c(c(-c4ccccc4)c4c2CCC4)CCC3)O1. The van der Waals surface area contributed by atoms with E-state index in [4.69, 9.17) is 23.9 Å². The summed E-state index contributed by atoms with van der Waals surface area (Å²) in [6.45, 7) is 4.23. The summed E-state index contributed by atoms with van der Waals surface area (Å²) in [5.41, 5.74) is 9.69. The molecule has 0 radical (unpaired) electrons. The molecule has 0 bridgehead atoms. The Morgan fingerprint density at radius 2 is 1.74 bits per heavy atom. The minimum atomic E-state index is -0.867. The van der Waals surface area contributed by atoms with Crippen LogP contribution in [0.4, 0.5) is 5.69 Å². The van der Waals surface area contributed by atoms with Crippen molar-refractivity contribution >= 4 is 18.6 Å². The van der Waals surface area contributed by atoms with Crippen molar-refractivity contribution < 1.29 is 19.0 Å². The van der Waals surface area contributed by atoms with Gasteiger partial charge in [0.05, 0.1) is 24.9 Å². The Kier molecular flexibility index (Phi) is 5.86. The number of anilines is 1. The lowest BCUT2D eigenvalue weighted by Crippen LogP contribution is -2.47. The summed E-state index contributed by atoms with van der Waals surface area (Å²) >= 11 is 0. The lowest BCUT2D eigenvalue weighted by atomic mass is 9.52. The number of nitrogens with one attached hydrogen (secondary N) is 1. The molecule has 0 fully saturated rings. The Bertz CT molecular complexity index is 1210. The van der Waals surface area contributed by atoms with E-state index in [1.165, 1.54) is 51.9 Å². The molecule has 0 saturated carbocycles. The first-order chi connectivity index (χ1) is 17.2. The topological polar surface area (TPSA) is 78.1 Å². The van der Waals surface area contributed by atoms with Crippen LogP contribution < -0.4 is 5.32 Å². The molecule has 1 N–H and O–H groups in total. The summed E-state index contributed by atoms with van der Waals surface area (Å²) in [5.74, 6) is 0. The molecule has 3 aliphatic rings. The molecule has 35 heavy (non-hydrogen) atoms. The lowest BCUT2D eigenvalue weighted by molar-refractivity contribution is -0.215. The van der Waals surface area contributed by atoms with Gasteiger partial charge in [0.25, 0.3) is 6.02 Å². The Hall–Kier alpha value is -3.10. The Morgan fingerprint density at radius 1 is 1.03 bits per heavy atom. The second-order valence-electron chi connectivity index (χ2n) is 9.53. The molecule has 7 nitrogen and oxygen atoms in total. The normalized spacial score (nSPS) is 20.3. The van der Waals surface area contributed by atoms with Crippen LogP contribution in [0.1, 0.15) is 47.6 Å². The lowest BCUT2D eigenvalue weighted by Gasteiger charge is -2.30. The van der Waals surface area contributed by atoms with E-state index in [0.29, 0.717) is 19.2 Å². The molecule has 1 aromatic heterocycles. The maximum absolute atomic E-state index is 6.52. The number of rotatable bonds is 7. The smallest absolute Gasteiger partial charge is 0.391 e. The van der Waals surface area contributed by atoms with Gasteiger partial charge in [0.1, 0.15) is 6.26 Å². The zero-order chi connectivity index (χ0) is 23.8. The van der Waals surface area contributed by atoms with E-state index in [9.17, 15) is 0 Å². The molecule has 0 amide bonds. The molecule has 180 valence electrons. The van der Waals surface area contributed by atoms with Crippen LogP contribution in [0.15, 0.2) is 52.3 Å². The first-order valence-electron chi connectivity index (χ1n) is 12.6. The average molecular weight is 471 g/mol. The molecule has 1 atom stereocenters. The van der Waals surface area contributed by atoms with Crippen molar-refractivity contribution in [2.24, 2.45) is 4.99 Å². The largest absolute Gasteiger partial charge is 0.457 e. The highest BCUT2D eigenvalue weighted by Gasteiger charge is 2.51. The van der Waals surface area contributed by atoms with Crippen LogP contribution >= 0.6 is 0 Å². The van der Waals surface area contributed by atoms with Gasteiger partial charge in [-0.1, -0.05) is 42.3 Å². The van der Waals surface area contributed by atoms with Gasteiger partial charge in [-0.2, -0.15) is 0 Å². The van der Waals surface area contributed by atoms with Gasteiger partial charge in [-0.05, 0) is 78.8 Å². The van der Waals surface area contributed by atoms with Gasteiger partial charge in [-0.3, -0.25) is 9.69 Å². The Morgan fingerprint density at radius 3 is 2.40 bits per heavy atom. The highest BCUT2D eigenvalue weighted by molar-refractivity contribution is 6.54. The fraction of sp³-hybridized carbons (Fsp3) is 0.407. The van der Waals surface area contributed by atoms with Crippen molar-refractivity contribution in [1.82, 2.24) is 5.16 Å². The zero-order valence-corrected chi connectivity index (χ0v) is 20.3. The predicted octanol–water partition coefficient (Wildman–Crippen LogP) is 5.14. The molecule has 8 heteroatoms. The fourth-order valence-electron chi connectivity index (χ4n) is 5.92. The van der Waals surface area contributed by atoms with Crippen molar-refractivity contribution in [2.45, 2.75) is 57.8 Å². The predicted molar refractivity (Wildman–Crippen MR) is 135 cm³/mol. The highest BCUT2D eigenvalue weighted by atomic mass is 17.2. The van der Waals surface area contributed by atoms with Crippen LogP contribution in [-0.4, -0.2) is 31.2 Å². The maximum atomic E-state index is 6.52. The molecule has 2 heterocycles. The third kappa shape index (κ3) is 3.76. The van der Waals surface area contributed by atoms with Crippen LogP contribution in [-0.2, 0) is 45.6 Å². The van der Waals surface area contributed by atoms with E-state index >= 15 is 0 Å². The van der Waals surface area contributed by atoms with Crippen LogP contribution in [0.2, 0.25) is 6.82 Å². The standard InChI is InChI=1S/C27H30BN3O4/c1-3-33-35-28(2)27(19-15-30-32-16-19)17-29-26(34-27)31-25-22-13-7-11-20(22)24(18-9-5-4-6-10-18)21-12-8-14-23(21)25/h4-6,9-10,15-16H,3,7-8,11-14,17H2,1-2H3,(H,29,31). The molecule has 3 aromatic rings. The summed E-state index contributed by atoms with van der Waals surface area (Å²) in [5, 5.41) is 7.52. The summed E-state index contributed by atoms with van der Waals surface area (Å²) in [6.07, 6.45) is 9.95. The van der Waals surface area contributed by atoms with Crippen molar-refractivity contribution in [3.05, 3.63) is 70.6 Å². The molecule has 1 unspecified atom stereocenters. The first kappa shape index (κ1) is 22.4. The molecule has 1 aliphatic heterocycles. The van der Waals surface area contributed by atoms with E-state index in [2.05, 4.69) is 40.8 Å². The number of benzene rings is 2. The van der Waals surface area contributed by atoms with Crippen molar-refractivity contribution in [1.29, 1.82) is 0 Å². The van der Waals surface area contributed by atoms with Crippen molar-refractivity contribution in [3.63, 3.8) is 0 Å². The van der Waals surface area contributed by atoms with Gasteiger partial charge >= 0.3 is 6.92 Å². The number of nitrogens with zero attached hydrogens (tertiary/aromatic N) is 2. The minimum absolute atomic E-state index is 0.386. The Labute approximate surface area is 205 Å². The van der Waals surface area contributed by atoms with E-state index in [1.807, 2.05) is 13.7 Å². The quantitative estimate of drug-likeness (QED) is 0.292. The molecule has 0 saturated heterocycles. The third-order valence-corrected chi connectivity index (χ3v) is 7.58. The van der Waals surface area contributed by atoms with Gasteiger partial charge in [-0.25, -0.2) is 4.99 Å². The third-order valence-electron chi connectivity index (χ3n) is 7.58. The van der Waals surface area contributed by atoms with Crippen LogP contribution in [0.25, 0.3) is 11.1 Å². The van der Waals surface area contributed by atoms with Crippen LogP contribution in [0.3, 0.4) is 0 Å². The number of ether oxygens (including phenoxy) is 1. The molecular weight excluding hydrogens is 441 g/mol. The number of aromatic nitrogens is 1. The summed E-state index contributed by atoms with van der Waals surface area (Å²) in [6, 6.07) is 11.4. The summed E-state index contributed by atoms with van der Waals surface area (Å²) in [4.78, 5) is 15.7. The number of amidine groups is 1. The number of aliphatic imine (C=N–C) groups is 1. The minimum Gasteiger partial charge on any atom is -0.457 e. The monoisotopic (exact) mass is 471 g/mol. The fourth-order valence-corrected chi connectivity index (χ4v) is 5.92. The average Bonchev–Trinajstić information content (AvgIpc) is 3.69. The van der Waals surface area contributed by atoms with Crippen LogP contribution in [0, 0.1) is 0 Å². The van der Waals surface area contributed by atoms with E-state index in [1.54, 1.807) is 12.5 Å². The number of hydrogen-bond acceptors (Lipinski definition) is 7. The second kappa shape index (κ2) is 9.17. The van der Waals surface area contributed by atoms with Gasteiger partial charge in [0.2, 0.25) is 0 Å². The molecule has 6 rings (SSSR count). The second-order valence-corrected chi connectivity index (χ2v) is 9.53. The Balaban J connectivity index is 1.36. The van der Waals surface area contributed by atoms with Gasteiger partial charge in [-0.15, -0.1) is 0 Å².